The number of aryl methyl sites for hydroxylation is 2. The molecule has 6 nitrogen and oxygen atoms in total. The van der Waals surface area contributed by atoms with Crippen LogP contribution in [-0.4, -0.2) is 16.2 Å². The first kappa shape index (κ1) is 12.3. The van der Waals surface area contributed by atoms with E-state index in [1.807, 2.05) is 0 Å². The van der Waals surface area contributed by atoms with Gasteiger partial charge in [-0.1, -0.05) is 23.7 Å². The van der Waals surface area contributed by atoms with Crippen molar-refractivity contribution in [3.05, 3.63) is 29.3 Å². The van der Waals surface area contributed by atoms with Crippen molar-refractivity contribution < 1.29 is 13.8 Å². The SMILES string of the molecule is CCCCc1cc(NC(=O)c2cc(C)on2)on1. The highest BCUT2D eigenvalue weighted by atomic mass is 16.5. The van der Waals surface area contributed by atoms with E-state index in [1.54, 1.807) is 19.1 Å². The van der Waals surface area contributed by atoms with Gasteiger partial charge in [0.05, 0.1) is 5.69 Å². The molecule has 0 spiro atoms. The summed E-state index contributed by atoms with van der Waals surface area (Å²) in [5.41, 5.74) is 1.06. The highest BCUT2D eigenvalue weighted by Crippen LogP contribution is 2.13. The Morgan fingerprint density at radius 3 is 2.83 bits per heavy atom. The summed E-state index contributed by atoms with van der Waals surface area (Å²) in [5.74, 6) is 0.540. The van der Waals surface area contributed by atoms with Crippen molar-refractivity contribution in [1.82, 2.24) is 10.3 Å². The number of aromatic nitrogens is 2. The fourth-order valence-electron chi connectivity index (χ4n) is 1.50. The highest BCUT2D eigenvalue weighted by Gasteiger charge is 2.13. The molecule has 0 saturated heterocycles. The van der Waals surface area contributed by atoms with Gasteiger partial charge in [0.2, 0.25) is 5.88 Å². The van der Waals surface area contributed by atoms with Crippen LogP contribution in [0, 0.1) is 6.92 Å². The first-order valence-electron chi connectivity index (χ1n) is 5.89. The molecule has 0 aliphatic rings. The molecule has 6 heteroatoms. The second-order valence-corrected chi connectivity index (χ2v) is 4.06. The van der Waals surface area contributed by atoms with E-state index in [-0.39, 0.29) is 11.6 Å². The van der Waals surface area contributed by atoms with Crippen LogP contribution in [0.15, 0.2) is 21.2 Å². The molecule has 0 unspecified atom stereocenters. The molecule has 0 aliphatic heterocycles. The van der Waals surface area contributed by atoms with Crippen LogP contribution in [-0.2, 0) is 6.42 Å². The average molecular weight is 249 g/mol. The topological polar surface area (TPSA) is 81.2 Å². The number of rotatable bonds is 5. The Morgan fingerprint density at radius 1 is 1.33 bits per heavy atom. The molecule has 2 aromatic heterocycles. The van der Waals surface area contributed by atoms with E-state index < -0.39 is 0 Å². The van der Waals surface area contributed by atoms with Crippen molar-refractivity contribution in [3.8, 4) is 0 Å². The molecule has 0 bridgehead atoms. The van der Waals surface area contributed by atoms with Crippen molar-refractivity contribution >= 4 is 11.8 Å². The van der Waals surface area contributed by atoms with Crippen LogP contribution in [0.1, 0.15) is 41.7 Å². The fourth-order valence-corrected chi connectivity index (χ4v) is 1.50. The molecule has 0 saturated carbocycles. The molecular weight excluding hydrogens is 234 g/mol. The number of carbonyl (C=O) groups excluding carboxylic acids is 1. The zero-order chi connectivity index (χ0) is 13.0. The zero-order valence-electron chi connectivity index (χ0n) is 10.4. The van der Waals surface area contributed by atoms with Crippen LogP contribution in [0.3, 0.4) is 0 Å². The summed E-state index contributed by atoms with van der Waals surface area (Å²) in [7, 11) is 0. The van der Waals surface area contributed by atoms with Crippen molar-refractivity contribution in [2.45, 2.75) is 33.1 Å². The normalized spacial score (nSPS) is 10.6. The molecule has 2 rings (SSSR count). The second-order valence-electron chi connectivity index (χ2n) is 4.06. The maximum Gasteiger partial charge on any atom is 0.280 e. The summed E-state index contributed by atoms with van der Waals surface area (Å²) in [6, 6.07) is 3.28. The predicted octanol–water partition coefficient (Wildman–Crippen LogP) is 2.57. The van der Waals surface area contributed by atoms with Crippen molar-refractivity contribution in [1.29, 1.82) is 0 Å². The minimum absolute atomic E-state index is 0.221. The van der Waals surface area contributed by atoms with E-state index >= 15 is 0 Å². The van der Waals surface area contributed by atoms with Gasteiger partial charge in [-0.05, 0) is 19.8 Å². The van der Waals surface area contributed by atoms with Gasteiger partial charge in [0.25, 0.3) is 5.91 Å². The molecule has 1 N–H and O–H groups in total. The minimum Gasteiger partial charge on any atom is -0.361 e. The first-order valence-corrected chi connectivity index (χ1v) is 5.89. The third-order valence-corrected chi connectivity index (χ3v) is 2.44. The number of amides is 1. The van der Waals surface area contributed by atoms with Gasteiger partial charge in [0.15, 0.2) is 5.69 Å². The zero-order valence-corrected chi connectivity index (χ0v) is 10.4. The quantitative estimate of drug-likeness (QED) is 0.880. The molecule has 2 aromatic rings. The Balaban J connectivity index is 1.97. The summed E-state index contributed by atoms with van der Waals surface area (Å²) in [5, 5.41) is 10.1. The van der Waals surface area contributed by atoms with Crippen LogP contribution in [0.2, 0.25) is 0 Å². The molecule has 0 aromatic carbocycles. The maximum atomic E-state index is 11.7. The minimum atomic E-state index is -0.370. The number of anilines is 1. The Bertz CT molecular complexity index is 530. The van der Waals surface area contributed by atoms with Gasteiger partial charge in [-0.25, -0.2) is 0 Å². The standard InChI is InChI=1S/C12H15N3O3/c1-3-4-5-9-7-11(18-14-9)13-12(16)10-6-8(2)17-15-10/h6-7H,3-5H2,1-2H3,(H,13,16). The molecule has 0 aliphatic carbocycles. The van der Waals surface area contributed by atoms with Crippen LogP contribution in [0.25, 0.3) is 0 Å². The average Bonchev–Trinajstić information content (AvgIpc) is 2.96. The molecule has 2 heterocycles. The van der Waals surface area contributed by atoms with Crippen molar-refractivity contribution in [2.75, 3.05) is 5.32 Å². The lowest BCUT2D eigenvalue weighted by Crippen LogP contribution is -2.11. The number of hydrogen-bond donors (Lipinski definition) is 1. The molecule has 18 heavy (non-hydrogen) atoms. The summed E-state index contributed by atoms with van der Waals surface area (Å²) in [6.07, 6.45) is 2.98. The van der Waals surface area contributed by atoms with Gasteiger partial charge in [-0.2, -0.15) is 0 Å². The maximum absolute atomic E-state index is 11.7. The Hall–Kier alpha value is -2.11. The van der Waals surface area contributed by atoms with Gasteiger partial charge >= 0.3 is 0 Å². The Kier molecular flexibility index (Phi) is 3.76. The van der Waals surface area contributed by atoms with Crippen LogP contribution >= 0.6 is 0 Å². The predicted molar refractivity (Wildman–Crippen MR) is 64.3 cm³/mol. The first-order chi connectivity index (χ1) is 8.69. The second kappa shape index (κ2) is 5.48. The smallest absolute Gasteiger partial charge is 0.280 e. The number of hydrogen-bond acceptors (Lipinski definition) is 5. The van der Waals surface area contributed by atoms with E-state index in [0.29, 0.717) is 11.6 Å². The van der Waals surface area contributed by atoms with Gasteiger partial charge in [-0.3, -0.25) is 10.1 Å². The number of nitrogens with zero attached hydrogens (tertiary/aromatic N) is 2. The van der Waals surface area contributed by atoms with Gasteiger partial charge in [-0.15, -0.1) is 0 Å². The number of carbonyl (C=O) groups is 1. The summed E-state index contributed by atoms with van der Waals surface area (Å²) in [6.45, 7) is 3.83. The molecular formula is C12H15N3O3. The van der Waals surface area contributed by atoms with E-state index in [9.17, 15) is 4.79 Å². The fraction of sp³-hybridized carbons (Fsp3) is 0.417. The molecule has 96 valence electrons. The molecule has 0 radical (unpaired) electrons. The Morgan fingerprint density at radius 2 is 2.17 bits per heavy atom. The van der Waals surface area contributed by atoms with Crippen LogP contribution in [0.5, 0.6) is 0 Å². The lowest BCUT2D eigenvalue weighted by molar-refractivity contribution is 0.101. The van der Waals surface area contributed by atoms with E-state index in [1.165, 1.54) is 0 Å². The van der Waals surface area contributed by atoms with Crippen molar-refractivity contribution in [3.63, 3.8) is 0 Å². The van der Waals surface area contributed by atoms with Crippen LogP contribution in [0.4, 0.5) is 5.88 Å². The summed E-state index contributed by atoms with van der Waals surface area (Å²) < 4.78 is 9.84. The third-order valence-electron chi connectivity index (χ3n) is 2.44. The lowest BCUT2D eigenvalue weighted by atomic mass is 10.2. The van der Waals surface area contributed by atoms with Gasteiger partial charge in [0.1, 0.15) is 5.76 Å². The molecule has 0 fully saturated rings. The van der Waals surface area contributed by atoms with Gasteiger partial charge < -0.3 is 9.05 Å². The summed E-state index contributed by atoms with van der Waals surface area (Å²) >= 11 is 0. The number of unbranched alkanes of at least 4 members (excludes halogenated alkanes) is 1. The van der Waals surface area contributed by atoms with E-state index in [2.05, 4.69) is 22.6 Å². The third kappa shape index (κ3) is 2.97. The van der Waals surface area contributed by atoms with E-state index in [4.69, 9.17) is 9.05 Å². The van der Waals surface area contributed by atoms with Crippen molar-refractivity contribution in [2.24, 2.45) is 0 Å². The van der Waals surface area contributed by atoms with Crippen LogP contribution < -0.4 is 5.32 Å². The summed E-state index contributed by atoms with van der Waals surface area (Å²) in [4.78, 5) is 11.7. The number of nitrogens with one attached hydrogen (secondary N) is 1. The van der Waals surface area contributed by atoms with Gasteiger partial charge in [0, 0.05) is 12.1 Å². The lowest BCUT2D eigenvalue weighted by Gasteiger charge is -1.94. The molecule has 1 amide bonds. The molecule has 0 atom stereocenters. The Labute approximate surface area is 104 Å². The monoisotopic (exact) mass is 249 g/mol. The van der Waals surface area contributed by atoms with E-state index in [0.717, 1.165) is 25.0 Å². The largest absolute Gasteiger partial charge is 0.361 e. The highest BCUT2D eigenvalue weighted by molar-refractivity contribution is 6.01.